The number of hydrogen-bond donors (Lipinski definition) is 0. The van der Waals surface area contributed by atoms with Gasteiger partial charge in [-0.05, 0) is 35.2 Å². The first kappa shape index (κ1) is 21.5. The molecule has 26 heavy (non-hydrogen) atoms. The molecule has 0 amide bonds. The van der Waals surface area contributed by atoms with Gasteiger partial charge in [0.2, 0.25) is 0 Å². The summed E-state index contributed by atoms with van der Waals surface area (Å²) in [5, 5.41) is 0. The van der Waals surface area contributed by atoms with E-state index in [1.165, 1.54) is 0 Å². The van der Waals surface area contributed by atoms with Gasteiger partial charge in [-0.3, -0.25) is 18.2 Å². The van der Waals surface area contributed by atoms with Gasteiger partial charge in [-0.2, -0.15) is 0 Å². The highest BCUT2D eigenvalue weighted by atomic mass is 19.2. The monoisotopic (exact) mass is 360 g/mol. The van der Waals surface area contributed by atoms with Crippen LogP contribution in [0.15, 0.2) is 48.5 Å². The Kier molecular flexibility index (Phi) is 8.16. The predicted molar refractivity (Wildman–Crippen MR) is 101 cm³/mol. The molecule has 0 aliphatic rings. The Labute approximate surface area is 153 Å². The molecular weight excluding hydrogens is 337 g/mol. The van der Waals surface area contributed by atoms with Crippen LogP contribution in [0.5, 0.6) is 5.75 Å². The largest absolute Gasteiger partial charge is 0.521 e. The second kappa shape index (κ2) is 9.85. The van der Waals surface area contributed by atoms with E-state index < -0.39 is 7.83 Å². The Bertz CT molecular complexity index is 720. The number of ketones is 2. The highest BCUT2D eigenvalue weighted by Gasteiger charge is 2.16. The van der Waals surface area contributed by atoms with Gasteiger partial charge in [0.1, 0.15) is 5.75 Å². The number of halogens is 2. The summed E-state index contributed by atoms with van der Waals surface area (Å²) >= 11 is 0. The lowest BCUT2D eigenvalue weighted by Gasteiger charge is -2.18. The first-order valence-electron chi connectivity index (χ1n) is 8.15. The molecule has 0 aliphatic heterocycles. The molecule has 0 atom stereocenters. The van der Waals surface area contributed by atoms with Crippen molar-refractivity contribution in [3.8, 4) is 5.75 Å². The molecule has 0 spiro atoms. The van der Waals surface area contributed by atoms with Crippen molar-refractivity contribution in [3.63, 3.8) is 0 Å². The van der Waals surface area contributed by atoms with E-state index >= 15 is 0 Å². The van der Waals surface area contributed by atoms with Crippen molar-refractivity contribution in [3.05, 3.63) is 65.2 Å². The second-order valence-electron chi connectivity index (χ2n) is 6.68. The fourth-order valence-corrected chi connectivity index (χ4v) is 2.28. The van der Waals surface area contributed by atoms with Crippen molar-refractivity contribution in [2.24, 2.45) is 0 Å². The minimum absolute atomic E-state index is 0.0422. The van der Waals surface area contributed by atoms with Gasteiger partial charge in [0.15, 0.2) is 11.6 Å². The van der Waals surface area contributed by atoms with Gasteiger partial charge in [-0.1, -0.05) is 45.0 Å². The van der Waals surface area contributed by atoms with Crippen LogP contribution in [-0.4, -0.2) is 26.5 Å². The molecule has 6 heteroatoms. The van der Waals surface area contributed by atoms with Gasteiger partial charge in [0.25, 0.3) is 0 Å². The van der Waals surface area contributed by atoms with Gasteiger partial charge in [0.05, 0.1) is 13.5 Å². The Hall–Kier alpha value is -2.50. The first-order chi connectivity index (χ1) is 12.2. The van der Waals surface area contributed by atoms with Crippen LogP contribution >= 0.6 is 0 Å². The van der Waals surface area contributed by atoms with Crippen molar-refractivity contribution >= 4 is 19.4 Å². The van der Waals surface area contributed by atoms with Crippen molar-refractivity contribution < 1.29 is 23.0 Å². The van der Waals surface area contributed by atoms with Gasteiger partial charge in [-0.15, -0.1) is 0 Å². The molecule has 2 rings (SSSR count). The lowest BCUT2D eigenvalue weighted by Crippen LogP contribution is -2.12. The second-order valence-corrected chi connectivity index (χ2v) is 6.68. The Balaban J connectivity index is 0.00000105. The zero-order valence-corrected chi connectivity index (χ0v) is 15.5. The maximum absolute atomic E-state index is 12.3. The summed E-state index contributed by atoms with van der Waals surface area (Å²) in [6.07, 6.45) is -0.124. The summed E-state index contributed by atoms with van der Waals surface area (Å²) < 4.78 is 24.3. The SMILES string of the molecule is COc1ccc(C(=O)CC(=O)c2ccc(C(C)(C)C)cc2)cc1.FBF. The van der Waals surface area contributed by atoms with E-state index in [0.29, 0.717) is 16.9 Å². The molecular formula is C20H23BF2O3. The molecule has 2 aromatic rings. The molecule has 0 aromatic heterocycles. The zero-order chi connectivity index (χ0) is 19.7. The van der Waals surface area contributed by atoms with Crippen LogP contribution in [0.2, 0.25) is 0 Å². The fraction of sp³-hybridized carbons (Fsp3) is 0.300. The van der Waals surface area contributed by atoms with Gasteiger partial charge in [0, 0.05) is 11.1 Å². The average Bonchev–Trinajstić information content (AvgIpc) is 2.61. The molecule has 0 saturated carbocycles. The summed E-state index contributed by atoms with van der Waals surface area (Å²) in [6.45, 7) is 6.37. The quantitative estimate of drug-likeness (QED) is 0.443. The molecule has 0 bridgehead atoms. The smallest absolute Gasteiger partial charge is 0.497 e. The number of ether oxygens (including phenoxy) is 1. The van der Waals surface area contributed by atoms with Crippen LogP contribution in [0.4, 0.5) is 8.63 Å². The van der Waals surface area contributed by atoms with Gasteiger partial charge >= 0.3 is 7.83 Å². The van der Waals surface area contributed by atoms with E-state index in [9.17, 15) is 18.2 Å². The van der Waals surface area contributed by atoms with Crippen LogP contribution in [0, 0.1) is 0 Å². The number of carbonyl (C=O) groups is 2. The number of methoxy groups -OCH3 is 1. The number of benzene rings is 2. The van der Waals surface area contributed by atoms with Crippen molar-refractivity contribution in [1.29, 1.82) is 0 Å². The van der Waals surface area contributed by atoms with Gasteiger partial charge < -0.3 is 4.74 Å². The Morgan fingerprint density at radius 1 is 0.885 bits per heavy atom. The lowest BCUT2D eigenvalue weighted by molar-refractivity contribution is 0.0894. The molecule has 0 saturated heterocycles. The summed E-state index contributed by atoms with van der Waals surface area (Å²) in [7, 11) is -0.179. The molecule has 0 unspecified atom stereocenters. The number of carbonyl (C=O) groups excluding carboxylic acids is 2. The standard InChI is InChI=1S/C20H22O3.BF2H/c1-20(2,3)16-9-5-14(6-10-16)18(21)13-19(22)15-7-11-17(23-4)12-8-15;2-1-3/h5-12H,13H2,1-4H3;1H. The number of rotatable bonds is 5. The van der Waals surface area contributed by atoms with E-state index in [4.69, 9.17) is 4.74 Å². The van der Waals surface area contributed by atoms with Gasteiger partial charge in [-0.25, -0.2) is 0 Å². The van der Waals surface area contributed by atoms with Crippen LogP contribution in [0.25, 0.3) is 0 Å². The van der Waals surface area contributed by atoms with Crippen LogP contribution in [-0.2, 0) is 5.41 Å². The summed E-state index contributed by atoms with van der Waals surface area (Å²) in [5.41, 5.74) is 2.29. The Morgan fingerprint density at radius 3 is 1.62 bits per heavy atom. The highest BCUT2D eigenvalue weighted by Crippen LogP contribution is 2.22. The maximum atomic E-state index is 12.3. The molecule has 0 N–H and O–H groups in total. The van der Waals surface area contributed by atoms with E-state index in [0.717, 1.165) is 5.56 Å². The molecule has 0 radical (unpaired) electrons. The number of hydrogen-bond acceptors (Lipinski definition) is 3. The van der Waals surface area contributed by atoms with Crippen molar-refractivity contribution in [2.75, 3.05) is 7.11 Å². The van der Waals surface area contributed by atoms with E-state index in [2.05, 4.69) is 20.8 Å². The maximum Gasteiger partial charge on any atom is 0.521 e. The summed E-state index contributed by atoms with van der Waals surface area (Å²) in [6, 6.07) is 14.3. The predicted octanol–water partition coefficient (Wildman–Crippen LogP) is 4.64. The number of Topliss-reactive ketones (excluding diaryl/α,β-unsaturated/α-hetero) is 2. The molecule has 0 aliphatic carbocycles. The topological polar surface area (TPSA) is 43.4 Å². The molecule has 3 nitrogen and oxygen atoms in total. The van der Waals surface area contributed by atoms with E-state index in [-0.39, 0.29) is 23.4 Å². The molecule has 138 valence electrons. The average molecular weight is 360 g/mol. The molecule has 0 heterocycles. The zero-order valence-electron chi connectivity index (χ0n) is 15.5. The first-order valence-corrected chi connectivity index (χ1v) is 8.15. The molecule has 2 aromatic carbocycles. The third kappa shape index (κ3) is 6.43. The van der Waals surface area contributed by atoms with Crippen LogP contribution in [0.3, 0.4) is 0 Å². The lowest BCUT2D eigenvalue weighted by atomic mass is 9.86. The third-order valence-corrected chi connectivity index (χ3v) is 3.81. The normalized spacial score (nSPS) is 10.4. The minimum atomic E-state index is -1.75. The summed E-state index contributed by atoms with van der Waals surface area (Å²) in [4.78, 5) is 24.5. The Morgan fingerprint density at radius 2 is 1.27 bits per heavy atom. The van der Waals surface area contributed by atoms with Crippen LogP contribution in [0.1, 0.15) is 53.5 Å². The van der Waals surface area contributed by atoms with E-state index in [1.807, 2.05) is 12.1 Å². The fourth-order valence-electron chi connectivity index (χ4n) is 2.28. The van der Waals surface area contributed by atoms with Crippen molar-refractivity contribution in [2.45, 2.75) is 32.6 Å². The van der Waals surface area contributed by atoms with Crippen molar-refractivity contribution in [1.82, 2.24) is 0 Å². The summed E-state index contributed by atoms with van der Waals surface area (Å²) in [5.74, 6) is 0.342. The van der Waals surface area contributed by atoms with Crippen LogP contribution < -0.4 is 4.74 Å². The highest BCUT2D eigenvalue weighted by molar-refractivity contribution is 6.15. The van der Waals surface area contributed by atoms with E-state index in [1.54, 1.807) is 43.5 Å². The minimum Gasteiger partial charge on any atom is -0.497 e. The molecule has 0 fully saturated rings. The third-order valence-electron chi connectivity index (χ3n) is 3.81.